The highest BCUT2D eigenvalue weighted by Gasteiger charge is 2.41. The van der Waals surface area contributed by atoms with Crippen LogP contribution in [0.25, 0.3) is 5.57 Å². The lowest BCUT2D eigenvalue weighted by molar-refractivity contribution is -0.138. The molecular formula is C25H23F3N2O5. The molecule has 184 valence electrons. The first-order valence-electron chi connectivity index (χ1n) is 11.2. The van der Waals surface area contributed by atoms with Gasteiger partial charge in [0.2, 0.25) is 5.91 Å². The first-order valence-corrected chi connectivity index (χ1v) is 11.2. The molecule has 5 rings (SSSR count). The van der Waals surface area contributed by atoms with Crippen molar-refractivity contribution in [3.8, 4) is 11.5 Å². The Kier molecular flexibility index (Phi) is 5.71. The van der Waals surface area contributed by atoms with Gasteiger partial charge in [0, 0.05) is 36.6 Å². The average molecular weight is 488 g/mol. The molecule has 3 heterocycles. The smallest absolute Gasteiger partial charge is 0.416 e. The molecule has 0 bridgehead atoms. The lowest BCUT2D eigenvalue weighted by atomic mass is 9.81. The highest BCUT2D eigenvalue weighted by molar-refractivity contribution is 6.05. The zero-order valence-corrected chi connectivity index (χ0v) is 18.8. The number of benzene rings is 2. The highest BCUT2D eigenvalue weighted by Crippen LogP contribution is 2.46. The number of nitrogens with one attached hydrogen (secondary N) is 2. The fraction of sp³-hybridized carbons (Fsp3) is 0.360. The van der Waals surface area contributed by atoms with Crippen LogP contribution >= 0.6 is 0 Å². The molecule has 2 aromatic carbocycles. The van der Waals surface area contributed by atoms with Crippen molar-refractivity contribution in [2.24, 2.45) is 0 Å². The summed E-state index contributed by atoms with van der Waals surface area (Å²) >= 11 is 0. The van der Waals surface area contributed by atoms with E-state index in [9.17, 15) is 22.8 Å². The van der Waals surface area contributed by atoms with Crippen LogP contribution in [0, 0.1) is 0 Å². The molecule has 0 radical (unpaired) electrons. The number of amides is 2. The SMILES string of the molecule is CC1Oc2ccc(NC(=O)C=C3CC4(CCOCC4)Oc4cc(C(F)(F)F)ccc43)cc2NC1=O. The van der Waals surface area contributed by atoms with Gasteiger partial charge >= 0.3 is 6.18 Å². The van der Waals surface area contributed by atoms with Gasteiger partial charge in [0.05, 0.1) is 24.5 Å². The highest BCUT2D eigenvalue weighted by atomic mass is 19.4. The molecule has 10 heteroatoms. The molecule has 1 atom stereocenters. The summed E-state index contributed by atoms with van der Waals surface area (Å²) < 4.78 is 57.0. The lowest BCUT2D eigenvalue weighted by Gasteiger charge is -2.42. The van der Waals surface area contributed by atoms with Crippen molar-refractivity contribution in [1.29, 1.82) is 0 Å². The van der Waals surface area contributed by atoms with Crippen molar-refractivity contribution >= 4 is 28.8 Å². The quantitative estimate of drug-likeness (QED) is 0.595. The Balaban J connectivity index is 1.43. The van der Waals surface area contributed by atoms with Crippen LogP contribution in [0.3, 0.4) is 0 Å². The molecular weight excluding hydrogens is 465 g/mol. The predicted octanol–water partition coefficient (Wildman–Crippen LogP) is 4.78. The van der Waals surface area contributed by atoms with Crippen molar-refractivity contribution in [2.75, 3.05) is 23.8 Å². The Morgan fingerprint density at radius 3 is 2.66 bits per heavy atom. The Morgan fingerprint density at radius 2 is 1.91 bits per heavy atom. The number of hydrogen-bond acceptors (Lipinski definition) is 5. The summed E-state index contributed by atoms with van der Waals surface area (Å²) in [4.78, 5) is 24.8. The van der Waals surface area contributed by atoms with E-state index in [1.54, 1.807) is 25.1 Å². The Morgan fingerprint density at radius 1 is 1.14 bits per heavy atom. The van der Waals surface area contributed by atoms with Gasteiger partial charge in [0.15, 0.2) is 6.10 Å². The van der Waals surface area contributed by atoms with Gasteiger partial charge in [-0.25, -0.2) is 0 Å². The molecule has 0 aromatic heterocycles. The fourth-order valence-corrected chi connectivity index (χ4v) is 4.53. The molecule has 1 unspecified atom stereocenters. The number of anilines is 2. The second-order valence-electron chi connectivity index (χ2n) is 8.90. The number of hydrogen-bond donors (Lipinski definition) is 2. The first kappa shape index (κ1) is 23.2. The van der Waals surface area contributed by atoms with Gasteiger partial charge in [0.25, 0.3) is 5.91 Å². The third-order valence-corrected chi connectivity index (χ3v) is 6.38. The normalized spacial score (nSPS) is 21.9. The second kappa shape index (κ2) is 8.60. The second-order valence-corrected chi connectivity index (χ2v) is 8.90. The van der Waals surface area contributed by atoms with Gasteiger partial charge in [-0.2, -0.15) is 13.2 Å². The van der Waals surface area contributed by atoms with Crippen molar-refractivity contribution in [1.82, 2.24) is 0 Å². The van der Waals surface area contributed by atoms with Gasteiger partial charge in [-0.3, -0.25) is 9.59 Å². The van der Waals surface area contributed by atoms with Crippen molar-refractivity contribution in [3.63, 3.8) is 0 Å². The van der Waals surface area contributed by atoms with Gasteiger partial charge in [-0.1, -0.05) is 6.07 Å². The zero-order chi connectivity index (χ0) is 24.8. The van der Waals surface area contributed by atoms with E-state index in [0.717, 1.165) is 12.1 Å². The van der Waals surface area contributed by atoms with Crippen molar-refractivity contribution in [2.45, 2.75) is 44.1 Å². The molecule has 2 N–H and O–H groups in total. The van der Waals surface area contributed by atoms with Crippen LogP contribution in [0.15, 0.2) is 42.5 Å². The summed E-state index contributed by atoms with van der Waals surface area (Å²) in [5.41, 5.74) is 0.372. The number of fused-ring (bicyclic) bond motifs is 2. The van der Waals surface area contributed by atoms with E-state index < -0.39 is 29.4 Å². The van der Waals surface area contributed by atoms with Crippen LogP contribution in [0.5, 0.6) is 11.5 Å². The Bertz CT molecular complexity index is 1220. The van der Waals surface area contributed by atoms with Crippen molar-refractivity contribution < 1.29 is 37.0 Å². The number of carbonyl (C=O) groups excluding carboxylic acids is 2. The molecule has 35 heavy (non-hydrogen) atoms. The maximum atomic E-state index is 13.3. The third kappa shape index (κ3) is 4.70. The number of ether oxygens (including phenoxy) is 3. The summed E-state index contributed by atoms with van der Waals surface area (Å²) in [7, 11) is 0. The first-order chi connectivity index (χ1) is 16.6. The standard InChI is InChI=1S/C25H23F3N2O5/c1-14-23(32)30-19-12-17(3-5-20(19)34-14)29-22(31)10-15-13-24(6-8-33-9-7-24)35-21-11-16(25(26,27)28)2-4-18(15)21/h2-5,10-12,14H,6-9,13H2,1H3,(H,29,31)(H,30,32). The van der Waals surface area contributed by atoms with Gasteiger partial charge in [-0.05, 0) is 42.8 Å². The summed E-state index contributed by atoms with van der Waals surface area (Å²) in [6.45, 7) is 2.49. The lowest BCUT2D eigenvalue weighted by Crippen LogP contribution is -2.44. The zero-order valence-electron chi connectivity index (χ0n) is 18.8. The number of carbonyl (C=O) groups is 2. The van der Waals surface area contributed by atoms with E-state index in [1.807, 2.05) is 0 Å². The molecule has 3 aliphatic heterocycles. The van der Waals surface area contributed by atoms with Crippen LogP contribution in [0.4, 0.5) is 24.5 Å². The minimum absolute atomic E-state index is 0.106. The van der Waals surface area contributed by atoms with E-state index >= 15 is 0 Å². The van der Waals surface area contributed by atoms with Gasteiger partial charge in [-0.15, -0.1) is 0 Å². The monoisotopic (exact) mass is 488 g/mol. The molecule has 7 nitrogen and oxygen atoms in total. The van der Waals surface area contributed by atoms with Crippen LogP contribution in [0.1, 0.15) is 37.3 Å². The van der Waals surface area contributed by atoms with Crippen LogP contribution < -0.4 is 20.1 Å². The van der Waals surface area contributed by atoms with Gasteiger partial charge < -0.3 is 24.8 Å². The van der Waals surface area contributed by atoms with E-state index in [4.69, 9.17) is 14.2 Å². The summed E-state index contributed by atoms with van der Waals surface area (Å²) in [5, 5.41) is 5.48. The van der Waals surface area contributed by atoms with E-state index in [0.29, 0.717) is 60.7 Å². The maximum Gasteiger partial charge on any atom is 0.416 e. The molecule has 0 aliphatic carbocycles. The van der Waals surface area contributed by atoms with Crippen molar-refractivity contribution in [3.05, 3.63) is 53.6 Å². The van der Waals surface area contributed by atoms with E-state index in [2.05, 4.69) is 10.6 Å². The third-order valence-electron chi connectivity index (χ3n) is 6.38. The summed E-state index contributed by atoms with van der Waals surface area (Å²) in [6.07, 6.45) is -2.36. The van der Waals surface area contributed by atoms with Gasteiger partial charge in [0.1, 0.15) is 17.1 Å². The molecule has 0 saturated carbocycles. The fourth-order valence-electron chi connectivity index (χ4n) is 4.53. The molecule has 1 spiro atoms. The molecule has 1 saturated heterocycles. The molecule has 1 fully saturated rings. The minimum atomic E-state index is -4.51. The average Bonchev–Trinajstić information content (AvgIpc) is 2.79. The molecule has 2 aromatic rings. The van der Waals surface area contributed by atoms with Crippen LogP contribution in [-0.4, -0.2) is 36.7 Å². The number of rotatable bonds is 2. The summed E-state index contributed by atoms with van der Waals surface area (Å²) in [5.74, 6) is -0.142. The number of alkyl halides is 3. The molecule has 3 aliphatic rings. The summed E-state index contributed by atoms with van der Waals surface area (Å²) in [6, 6.07) is 8.20. The van der Waals surface area contributed by atoms with Crippen LogP contribution in [-0.2, 0) is 20.5 Å². The van der Waals surface area contributed by atoms with E-state index in [1.165, 1.54) is 12.1 Å². The molecule has 2 amide bonds. The number of halogens is 3. The van der Waals surface area contributed by atoms with Crippen LogP contribution in [0.2, 0.25) is 0 Å². The maximum absolute atomic E-state index is 13.3. The minimum Gasteiger partial charge on any atom is -0.486 e. The topological polar surface area (TPSA) is 85.9 Å². The predicted molar refractivity (Wildman–Crippen MR) is 121 cm³/mol. The largest absolute Gasteiger partial charge is 0.486 e. The Labute approximate surface area is 199 Å². The Hall–Kier alpha value is -3.53. The van der Waals surface area contributed by atoms with E-state index in [-0.39, 0.29) is 11.7 Å².